The lowest BCUT2D eigenvalue weighted by atomic mass is 9.43. The summed E-state index contributed by atoms with van der Waals surface area (Å²) in [6.07, 6.45) is 8.63. The Labute approximate surface area is 183 Å². The van der Waals surface area contributed by atoms with Crippen molar-refractivity contribution in [2.75, 3.05) is 7.11 Å². The molecule has 2 aliphatic heterocycles. The normalized spacial score (nSPS) is 52.3. The van der Waals surface area contributed by atoms with E-state index in [-0.39, 0.29) is 52.4 Å². The summed E-state index contributed by atoms with van der Waals surface area (Å²) in [7, 11) is 1.45. The molecule has 2 heterocycles. The van der Waals surface area contributed by atoms with Crippen molar-refractivity contribution in [1.29, 1.82) is 0 Å². The maximum atomic E-state index is 13.1. The fraction of sp³-hybridized carbons (Fsp3) is 0.800. The highest BCUT2D eigenvalue weighted by Crippen LogP contribution is 2.78. The highest BCUT2D eigenvalue weighted by Gasteiger charge is 2.83. The van der Waals surface area contributed by atoms with Gasteiger partial charge >= 0.3 is 11.9 Å². The van der Waals surface area contributed by atoms with Crippen LogP contribution in [0, 0.1) is 28.6 Å². The molecule has 5 fully saturated rings. The lowest BCUT2D eigenvalue weighted by Crippen LogP contribution is -2.64. The third-order valence-corrected chi connectivity index (χ3v) is 10.4. The zero-order valence-corrected chi connectivity index (χ0v) is 18.7. The molecule has 6 heteroatoms. The van der Waals surface area contributed by atoms with E-state index in [4.69, 9.17) is 14.2 Å². The average Bonchev–Trinajstić information content (AvgIpc) is 3.39. The number of fused-ring (bicyclic) bond motifs is 4. The number of esters is 2. The number of hydrogen-bond donors (Lipinski definition) is 0. The Morgan fingerprint density at radius 2 is 1.97 bits per heavy atom. The molecular weight excluding hydrogens is 396 g/mol. The Kier molecular flexibility index (Phi) is 3.86. The summed E-state index contributed by atoms with van der Waals surface area (Å²) in [6.45, 7) is 4.53. The fourth-order valence-corrected chi connectivity index (χ4v) is 8.90. The van der Waals surface area contributed by atoms with Gasteiger partial charge in [-0.15, -0.1) is 0 Å². The van der Waals surface area contributed by atoms with E-state index in [9.17, 15) is 14.4 Å². The van der Waals surface area contributed by atoms with E-state index in [2.05, 4.69) is 13.8 Å². The zero-order valence-electron chi connectivity index (χ0n) is 18.7. The van der Waals surface area contributed by atoms with Crippen molar-refractivity contribution in [3.8, 4) is 0 Å². The Balaban J connectivity index is 1.48. The quantitative estimate of drug-likeness (QED) is 0.470. The van der Waals surface area contributed by atoms with Gasteiger partial charge in [0.1, 0.15) is 11.2 Å². The van der Waals surface area contributed by atoms with Gasteiger partial charge in [0, 0.05) is 29.6 Å². The largest absolute Gasteiger partial charge is 0.469 e. The Morgan fingerprint density at radius 1 is 1.16 bits per heavy atom. The van der Waals surface area contributed by atoms with Crippen LogP contribution in [0.5, 0.6) is 0 Å². The monoisotopic (exact) mass is 428 g/mol. The van der Waals surface area contributed by atoms with Crippen LogP contribution in [0.1, 0.15) is 71.6 Å². The van der Waals surface area contributed by atoms with Crippen LogP contribution in [0.3, 0.4) is 0 Å². The Morgan fingerprint density at radius 3 is 2.71 bits per heavy atom. The number of ketones is 1. The summed E-state index contributed by atoms with van der Waals surface area (Å²) < 4.78 is 18.1. The zero-order chi connectivity index (χ0) is 21.8. The Bertz CT molecular complexity index is 923. The molecule has 6 aliphatic rings. The van der Waals surface area contributed by atoms with E-state index in [1.165, 1.54) is 7.11 Å². The number of epoxide rings is 1. The van der Waals surface area contributed by atoms with Crippen molar-refractivity contribution < 1.29 is 28.6 Å². The van der Waals surface area contributed by atoms with Gasteiger partial charge in [0.05, 0.1) is 19.1 Å². The summed E-state index contributed by atoms with van der Waals surface area (Å²) in [6, 6.07) is 0. The predicted molar refractivity (Wildman–Crippen MR) is 110 cm³/mol. The molecule has 6 rings (SSSR count). The average molecular weight is 429 g/mol. The summed E-state index contributed by atoms with van der Waals surface area (Å²) in [5.74, 6) is -0.198. The number of rotatable bonds is 1. The van der Waals surface area contributed by atoms with Crippen LogP contribution in [0.25, 0.3) is 0 Å². The topological polar surface area (TPSA) is 82.2 Å². The second-order valence-electron chi connectivity index (χ2n) is 11.3. The van der Waals surface area contributed by atoms with Crippen LogP contribution < -0.4 is 0 Å². The molecule has 0 radical (unpaired) electrons. The van der Waals surface area contributed by atoms with E-state index in [0.29, 0.717) is 19.3 Å². The van der Waals surface area contributed by atoms with Gasteiger partial charge in [-0.3, -0.25) is 14.4 Å². The highest BCUT2D eigenvalue weighted by atomic mass is 16.6. The summed E-state index contributed by atoms with van der Waals surface area (Å²) in [5.41, 5.74) is -0.206. The smallest absolute Gasteiger partial charge is 0.309 e. The predicted octanol–water partition coefficient (Wildman–Crippen LogP) is 3.51. The molecule has 0 N–H and O–H groups in total. The molecule has 0 aromatic heterocycles. The highest BCUT2D eigenvalue weighted by molar-refractivity contribution is 5.92. The molecule has 31 heavy (non-hydrogen) atoms. The maximum Gasteiger partial charge on any atom is 0.309 e. The van der Waals surface area contributed by atoms with E-state index in [1.54, 1.807) is 6.08 Å². The van der Waals surface area contributed by atoms with Crippen LogP contribution in [-0.2, 0) is 28.6 Å². The lowest BCUT2D eigenvalue weighted by Gasteiger charge is -2.59. The SMILES string of the molecule is COC(=O)[C@H]1CC2=CC(=O)CC[C@]2(C)[C@@]23O[C@@H]2C[C@@]2(C)C(CC[C@@]24CCCC(=O)O4)C13. The van der Waals surface area contributed by atoms with Crippen molar-refractivity contribution in [1.82, 2.24) is 0 Å². The van der Waals surface area contributed by atoms with Gasteiger partial charge in [-0.2, -0.15) is 0 Å². The molecule has 2 unspecified atom stereocenters. The molecule has 2 spiro atoms. The number of ether oxygens (including phenoxy) is 3. The molecule has 3 saturated carbocycles. The number of carbonyl (C=O) groups excluding carboxylic acids is 3. The molecule has 0 aromatic carbocycles. The molecule has 0 aromatic rings. The van der Waals surface area contributed by atoms with Crippen LogP contribution in [0.15, 0.2) is 11.6 Å². The third-order valence-electron chi connectivity index (χ3n) is 10.4. The Hall–Kier alpha value is -1.69. The van der Waals surface area contributed by atoms with E-state index < -0.39 is 11.2 Å². The second-order valence-corrected chi connectivity index (χ2v) is 11.3. The maximum absolute atomic E-state index is 13.1. The number of carbonyl (C=O) groups is 3. The minimum absolute atomic E-state index is 0.0269. The van der Waals surface area contributed by atoms with Crippen molar-refractivity contribution in [2.45, 2.75) is 88.9 Å². The fourth-order valence-electron chi connectivity index (χ4n) is 8.90. The third kappa shape index (κ3) is 2.20. The van der Waals surface area contributed by atoms with Gasteiger partial charge in [-0.05, 0) is 56.9 Å². The first-order valence-corrected chi connectivity index (χ1v) is 11.9. The van der Waals surface area contributed by atoms with Crippen molar-refractivity contribution >= 4 is 17.7 Å². The van der Waals surface area contributed by atoms with Crippen LogP contribution in [0.2, 0.25) is 0 Å². The molecule has 0 bridgehead atoms. The standard InChI is InChI=1S/C25H32O6/c1-22-9-6-15(26)11-14(22)12-16(21(28)29-3)20-17-7-10-24(8-4-5-19(27)31-24)23(17,2)13-18-25(20,22)30-18/h11,16-18,20H,4-10,12-13H2,1-3H3/t16-,17?,18+,20?,22-,23-,24-,25+/m0/s1. The van der Waals surface area contributed by atoms with E-state index in [1.807, 2.05) is 0 Å². The van der Waals surface area contributed by atoms with Gasteiger partial charge in [0.25, 0.3) is 0 Å². The first-order chi connectivity index (χ1) is 14.7. The van der Waals surface area contributed by atoms with Gasteiger partial charge in [-0.1, -0.05) is 19.4 Å². The van der Waals surface area contributed by atoms with Crippen molar-refractivity contribution in [2.24, 2.45) is 28.6 Å². The minimum Gasteiger partial charge on any atom is -0.469 e. The summed E-state index contributed by atoms with van der Waals surface area (Å²) in [5, 5.41) is 0. The van der Waals surface area contributed by atoms with E-state index in [0.717, 1.165) is 44.1 Å². The lowest BCUT2D eigenvalue weighted by molar-refractivity contribution is -0.194. The molecule has 6 nitrogen and oxygen atoms in total. The molecule has 8 atom stereocenters. The molecule has 0 amide bonds. The first-order valence-electron chi connectivity index (χ1n) is 11.9. The number of methoxy groups -OCH3 is 1. The molecule has 4 aliphatic carbocycles. The van der Waals surface area contributed by atoms with Gasteiger partial charge in [0.2, 0.25) is 0 Å². The second kappa shape index (κ2) is 6.00. The van der Waals surface area contributed by atoms with Crippen LogP contribution in [-0.4, -0.2) is 42.1 Å². The van der Waals surface area contributed by atoms with Gasteiger partial charge in [-0.25, -0.2) is 0 Å². The van der Waals surface area contributed by atoms with Gasteiger partial charge in [0.15, 0.2) is 5.78 Å². The molecular formula is C25H32O6. The number of hydrogen-bond acceptors (Lipinski definition) is 6. The van der Waals surface area contributed by atoms with Crippen LogP contribution >= 0.6 is 0 Å². The summed E-state index contributed by atoms with van der Waals surface area (Å²) in [4.78, 5) is 37.7. The van der Waals surface area contributed by atoms with E-state index >= 15 is 0 Å². The molecule has 168 valence electrons. The summed E-state index contributed by atoms with van der Waals surface area (Å²) >= 11 is 0. The molecule has 2 saturated heterocycles. The van der Waals surface area contributed by atoms with Crippen molar-refractivity contribution in [3.05, 3.63) is 11.6 Å². The minimum atomic E-state index is -0.439. The first kappa shape index (κ1) is 20.0. The van der Waals surface area contributed by atoms with Gasteiger partial charge < -0.3 is 14.2 Å². The van der Waals surface area contributed by atoms with Crippen LogP contribution in [0.4, 0.5) is 0 Å². The van der Waals surface area contributed by atoms with Crippen molar-refractivity contribution in [3.63, 3.8) is 0 Å².